The maximum Gasteiger partial charge on any atom is 0.326 e. The van der Waals surface area contributed by atoms with Gasteiger partial charge in [0.15, 0.2) is 0 Å². The topological polar surface area (TPSA) is 95.5 Å². The first-order valence-corrected chi connectivity index (χ1v) is 5.85. The van der Waals surface area contributed by atoms with Gasteiger partial charge in [0.25, 0.3) is 0 Å². The summed E-state index contributed by atoms with van der Waals surface area (Å²) in [5.41, 5.74) is 1.51. The molecule has 1 aromatic carbocycles. The van der Waals surface area contributed by atoms with Gasteiger partial charge in [-0.05, 0) is 25.5 Å². The van der Waals surface area contributed by atoms with Gasteiger partial charge in [0.1, 0.15) is 6.04 Å². The summed E-state index contributed by atoms with van der Waals surface area (Å²) in [7, 11) is 0. The van der Waals surface area contributed by atoms with Crippen LogP contribution in [0.25, 0.3) is 0 Å². The highest BCUT2D eigenvalue weighted by Crippen LogP contribution is 2.08. The van der Waals surface area contributed by atoms with Crippen molar-refractivity contribution < 1.29 is 19.5 Å². The van der Waals surface area contributed by atoms with Crippen LogP contribution in [0, 0.1) is 6.92 Å². The SMILES string of the molecule is CCC(NC(=O)C(=O)Nc1ccc(C)cc1)C(=O)O. The molecule has 0 spiro atoms. The monoisotopic (exact) mass is 264 g/mol. The zero-order valence-corrected chi connectivity index (χ0v) is 10.8. The largest absolute Gasteiger partial charge is 0.480 e. The third-order valence-corrected chi connectivity index (χ3v) is 2.53. The lowest BCUT2D eigenvalue weighted by Gasteiger charge is -2.12. The Hall–Kier alpha value is -2.37. The van der Waals surface area contributed by atoms with Gasteiger partial charge in [-0.2, -0.15) is 0 Å². The number of hydrogen-bond acceptors (Lipinski definition) is 3. The Labute approximate surface area is 110 Å². The summed E-state index contributed by atoms with van der Waals surface area (Å²) >= 11 is 0. The van der Waals surface area contributed by atoms with Crippen molar-refractivity contribution in [3.05, 3.63) is 29.8 Å². The minimum Gasteiger partial charge on any atom is -0.480 e. The number of carboxylic acids is 1. The van der Waals surface area contributed by atoms with E-state index in [4.69, 9.17) is 5.11 Å². The predicted octanol–water partition coefficient (Wildman–Crippen LogP) is 0.913. The van der Waals surface area contributed by atoms with Crippen molar-refractivity contribution in [3.8, 4) is 0 Å². The molecule has 0 aliphatic heterocycles. The van der Waals surface area contributed by atoms with Gasteiger partial charge < -0.3 is 15.7 Å². The normalized spacial score (nSPS) is 11.5. The first kappa shape index (κ1) is 14.7. The fraction of sp³-hybridized carbons (Fsp3) is 0.308. The van der Waals surface area contributed by atoms with Gasteiger partial charge in [-0.3, -0.25) is 9.59 Å². The van der Waals surface area contributed by atoms with Crippen molar-refractivity contribution in [1.29, 1.82) is 0 Å². The lowest BCUT2D eigenvalue weighted by molar-refractivity contribution is -0.143. The van der Waals surface area contributed by atoms with E-state index in [0.717, 1.165) is 5.56 Å². The Bertz CT molecular complexity index is 482. The second kappa shape index (κ2) is 6.53. The Morgan fingerprint density at radius 3 is 2.21 bits per heavy atom. The van der Waals surface area contributed by atoms with Crippen molar-refractivity contribution in [2.75, 3.05) is 5.32 Å². The van der Waals surface area contributed by atoms with E-state index < -0.39 is 23.8 Å². The first-order chi connectivity index (χ1) is 8.93. The first-order valence-electron chi connectivity index (χ1n) is 5.85. The molecule has 0 radical (unpaired) electrons. The smallest absolute Gasteiger partial charge is 0.326 e. The number of amides is 2. The molecule has 0 saturated heterocycles. The maximum atomic E-state index is 11.6. The molecule has 1 aromatic rings. The van der Waals surface area contributed by atoms with Gasteiger partial charge in [-0.25, -0.2) is 4.79 Å². The summed E-state index contributed by atoms with van der Waals surface area (Å²) < 4.78 is 0. The van der Waals surface area contributed by atoms with Crippen molar-refractivity contribution in [3.63, 3.8) is 0 Å². The fourth-order valence-electron chi connectivity index (χ4n) is 1.39. The fourth-order valence-corrected chi connectivity index (χ4v) is 1.39. The zero-order valence-electron chi connectivity index (χ0n) is 10.8. The van der Waals surface area contributed by atoms with E-state index in [1.54, 1.807) is 31.2 Å². The lowest BCUT2D eigenvalue weighted by atomic mass is 10.2. The number of aryl methyl sites for hydroxylation is 1. The molecule has 0 bridgehead atoms. The third kappa shape index (κ3) is 4.42. The average Bonchev–Trinajstić information content (AvgIpc) is 2.37. The lowest BCUT2D eigenvalue weighted by Crippen LogP contribution is -2.45. The van der Waals surface area contributed by atoms with Crippen LogP contribution in [0.2, 0.25) is 0 Å². The minimum absolute atomic E-state index is 0.207. The summed E-state index contributed by atoms with van der Waals surface area (Å²) in [6, 6.07) is 5.85. The molecule has 2 amide bonds. The number of rotatable bonds is 4. The van der Waals surface area contributed by atoms with Gasteiger partial charge in [0.2, 0.25) is 0 Å². The highest BCUT2D eigenvalue weighted by molar-refractivity contribution is 6.40. The van der Waals surface area contributed by atoms with Crippen LogP contribution in [0.5, 0.6) is 0 Å². The van der Waals surface area contributed by atoms with Gasteiger partial charge >= 0.3 is 17.8 Å². The van der Waals surface area contributed by atoms with Gasteiger partial charge in [-0.1, -0.05) is 24.6 Å². The van der Waals surface area contributed by atoms with E-state index in [9.17, 15) is 14.4 Å². The van der Waals surface area contributed by atoms with Crippen LogP contribution in [-0.2, 0) is 14.4 Å². The van der Waals surface area contributed by atoms with Crippen molar-refractivity contribution in [1.82, 2.24) is 5.32 Å². The molecule has 19 heavy (non-hydrogen) atoms. The standard InChI is InChI=1S/C13H16N2O4/c1-3-10(13(18)19)15-12(17)11(16)14-9-6-4-8(2)5-7-9/h4-7,10H,3H2,1-2H3,(H,14,16)(H,15,17)(H,18,19). The Morgan fingerprint density at radius 1 is 1.16 bits per heavy atom. The van der Waals surface area contributed by atoms with Gasteiger partial charge in [0.05, 0.1) is 0 Å². The summed E-state index contributed by atoms with van der Waals surface area (Å²) in [6.45, 7) is 3.51. The van der Waals surface area contributed by atoms with E-state index in [2.05, 4.69) is 10.6 Å². The molecule has 102 valence electrons. The van der Waals surface area contributed by atoms with Crippen molar-refractivity contribution in [2.24, 2.45) is 0 Å². The number of anilines is 1. The molecule has 1 rings (SSSR count). The van der Waals surface area contributed by atoms with E-state index in [1.807, 2.05) is 6.92 Å². The van der Waals surface area contributed by atoms with Crippen LogP contribution in [-0.4, -0.2) is 28.9 Å². The maximum absolute atomic E-state index is 11.6. The van der Waals surface area contributed by atoms with E-state index in [1.165, 1.54) is 0 Å². The Morgan fingerprint density at radius 2 is 1.74 bits per heavy atom. The summed E-state index contributed by atoms with van der Waals surface area (Å²) in [5, 5.41) is 13.3. The molecule has 3 N–H and O–H groups in total. The van der Waals surface area contributed by atoms with Gasteiger partial charge in [-0.15, -0.1) is 0 Å². The predicted molar refractivity (Wildman–Crippen MR) is 69.7 cm³/mol. The van der Waals surface area contributed by atoms with Crippen LogP contribution in [0.4, 0.5) is 5.69 Å². The summed E-state index contributed by atoms with van der Waals surface area (Å²) in [6.07, 6.45) is 0.207. The highest BCUT2D eigenvalue weighted by Gasteiger charge is 2.22. The zero-order chi connectivity index (χ0) is 14.4. The second-order valence-corrected chi connectivity index (χ2v) is 4.09. The van der Waals surface area contributed by atoms with Crippen molar-refractivity contribution in [2.45, 2.75) is 26.3 Å². The molecule has 0 saturated carbocycles. The molecule has 0 aromatic heterocycles. The molecule has 1 atom stereocenters. The van der Waals surface area contributed by atoms with Crippen molar-refractivity contribution >= 4 is 23.5 Å². The number of benzene rings is 1. The summed E-state index contributed by atoms with van der Waals surface area (Å²) in [5.74, 6) is -3.02. The number of hydrogen-bond donors (Lipinski definition) is 3. The Balaban J connectivity index is 2.60. The number of carboxylic acid groups (broad SMARTS) is 1. The number of carbonyl (C=O) groups is 3. The summed E-state index contributed by atoms with van der Waals surface area (Å²) in [4.78, 5) is 33.8. The molecular formula is C13H16N2O4. The molecule has 0 aliphatic carbocycles. The molecule has 0 heterocycles. The quantitative estimate of drug-likeness (QED) is 0.704. The van der Waals surface area contributed by atoms with Crippen LogP contribution in [0.15, 0.2) is 24.3 Å². The number of nitrogens with one attached hydrogen (secondary N) is 2. The molecule has 0 aliphatic rings. The minimum atomic E-state index is -1.17. The number of carbonyl (C=O) groups excluding carboxylic acids is 2. The van der Waals surface area contributed by atoms with Crippen LogP contribution in [0.3, 0.4) is 0 Å². The number of aliphatic carboxylic acids is 1. The molecule has 6 heteroatoms. The third-order valence-electron chi connectivity index (χ3n) is 2.53. The molecule has 6 nitrogen and oxygen atoms in total. The van der Waals surface area contributed by atoms with E-state index >= 15 is 0 Å². The van der Waals surface area contributed by atoms with E-state index in [-0.39, 0.29) is 6.42 Å². The molecule has 0 fully saturated rings. The average molecular weight is 264 g/mol. The Kier molecular flexibility index (Phi) is 5.05. The second-order valence-electron chi connectivity index (χ2n) is 4.09. The highest BCUT2D eigenvalue weighted by atomic mass is 16.4. The van der Waals surface area contributed by atoms with E-state index in [0.29, 0.717) is 5.69 Å². The van der Waals surface area contributed by atoms with Gasteiger partial charge in [0, 0.05) is 5.69 Å². The molecule has 1 unspecified atom stereocenters. The van der Waals surface area contributed by atoms with Crippen LogP contribution < -0.4 is 10.6 Å². The van der Waals surface area contributed by atoms with Crippen LogP contribution >= 0.6 is 0 Å². The van der Waals surface area contributed by atoms with Crippen LogP contribution in [0.1, 0.15) is 18.9 Å². The molecular weight excluding hydrogens is 248 g/mol.